The van der Waals surface area contributed by atoms with Crippen molar-refractivity contribution in [3.8, 4) is 0 Å². The minimum atomic E-state index is -0.543. The van der Waals surface area contributed by atoms with Crippen molar-refractivity contribution in [2.24, 2.45) is 5.73 Å². The Morgan fingerprint density at radius 1 is 1.09 bits per heavy atom. The summed E-state index contributed by atoms with van der Waals surface area (Å²) in [5, 5.41) is -0.543. The lowest BCUT2D eigenvalue weighted by Crippen LogP contribution is -2.21. The average Bonchev–Trinajstić information content (AvgIpc) is 2.56. The molecule has 0 radical (unpaired) electrons. The van der Waals surface area contributed by atoms with Gasteiger partial charge in [0.15, 0.2) is 5.78 Å². The van der Waals surface area contributed by atoms with E-state index in [1.54, 1.807) is 42.5 Å². The third-order valence-electron chi connectivity index (χ3n) is 3.45. The van der Waals surface area contributed by atoms with Crippen LogP contribution in [0.4, 0.5) is 5.69 Å². The number of nitrogen functional groups attached to an aromatic ring is 1. The number of rotatable bonds is 7. The molecule has 1 amide bonds. The summed E-state index contributed by atoms with van der Waals surface area (Å²) in [4.78, 5) is 24.4. The standard InChI is InChI=1S/C18H20N2O2S/c1-2-11-23-17(18(20)22)14-10-6-9-13(15(14)19)16(21)12-7-4-3-5-8-12/h3-10,17H,2,11,19H2,1H3,(H2,20,22). The predicted molar refractivity (Wildman–Crippen MR) is 95.4 cm³/mol. The van der Waals surface area contributed by atoms with E-state index < -0.39 is 11.2 Å². The zero-order valence-corrected chi connectivity index (χ0v) is 13.8. The number of amides is 1. The molecule has 0 aliphatic rings. The molecule has 2 aromatic carbocycles. The molecule has 23 heavy (non-hydrogen) atoms. The Hall–Kier alpha value is -2.27. The first kappa shape index (κ1) is 17.1. The number of primary amides is 1. The molecule has 2 aromatic rings. The van der Waals surface area contributed by atoms with Crippen LogP contribution in [0.5, 0.6) is 0 Å². The smallest absolute Gasteiger partial charge is 0.235 e. The summed E-state index contributed by atoms with van der Waals surface area (Å²) in [6.45, 7) is 2.03. The van der Waals surface area contributed by atoms with Crippen molar-refractivity contribution < 1.29 is 9.59 Å². The highest BCUT2D eigenvalue weighted by molar-refractivity contribution is 8.00. The molecule has 120 valence electrons. The minimum absolute atomic E-state index is 0.159. The molecule has 0 saturated carbocycles. The summed E-state index contributed by atoms with van der Waals surface area (Å²) in [5.41, 5.74) is 13.6. The van der Waals surface area contributed by atoms with Crippen LogP contribution < -0.4 is 11.5 Å². The molecule has 0 aromatic heterocycles. The van der Waals surface area contributed by atoms with Crippen molar-refractivity contribution in [2.75, 3.05) is 11.5 Å². The molecule has 0 bridgehead atoms. The van der Waals surface area contributed by atoms with Gasteiger partial charge in [0.2, 0.25) is 5.91 Å². The molecule has 4 nitrogen and oxygen atoms in total. The quantitative estimate of drug-likeness (QED) is 0.604. The second-order valence-corrected chi connectivity index (χ2v) is 6.37. The molecule has 0 heterocycles. The Labute approximate surface area is 140 Å². The maximum Gasteiger partial charge on any atom is 0.235 e. The molecular formula is C18H20N2O2S. The number of carbonyl (C=O) groups is 2. The number of hydrogen-bond donors (Lipinski definition) is 2. The first-order valence-corrected chi connectivity index (χ1v) is 8.50. The molecule has 4 N–H and O–H groups in total. The van der Waals surface area contributed by atoms with Crippen LogP contribution in [-0.4, -0.2) is 17.4 Å². The molecular weight excluding hydrogens is 308 g/mol. The first-order valence-electron chi connectivity index (χ1n) is 7.45. The molecule has 0 aliphatic heterocycles. The van der Waals surface area contributed by atoms with Gasteiger partial charge in [-0.2, -0.15) is 0 Å². The first-order chi connectivity index (χ1) is 11.1. The van der Waals surface area contributed by atoms with E-state index in [1.165, 1.54) is 11.8 Å². The van der Waals surface area contributed by atoms with Gasteiger partial charge >= 0.3 is 0 Å². The van der Waals surface area contributed by atoms with Crippen LogP contribution in [0.25, 0.3) is 0 Å². The SMILES string of the molecule is CCCSC(C(N)=O)c1cccc(C(=O)c2ccccc2)c1N. The fraction of sp³-hybridized carbons (Fsp3) is 0.222. The number of benzene rings is 2. The van der Waals surface area contributed by atoms with Crippen molar-refractivity contribution in [3.05, 3.63) is 65.2 Å². The van der Waals surface area contributed by atoms with Crippen molar-refractivity contribution in [1.29, 1.82) is 0 Å². The third-order valence-corrected chi connectivity index (χ3v) is 4.91. The number of carbonyl (C=O) groups excluding carboxylic acids is 2. The van der Waals surface area contributed by atoms with Gasteiger partial charge in [-0.1, -0.05) is 49.4 Å². The van der Waals surface area contributed by atoms with Gasteiger partial charge in [0.05, 0.1) is 0 Å². The summed E-state index contributed by atoms with van der Waals surface area (Å²) in [6, 6.07) is 14.1. The number of nitrogens with two attached hydrogens (primary N) is 2. The third kappa shape index (κ3) is 3.93. The van der Waals surface area contributed by atoms with E-state index in [0.717, 1.165) is 12.2 Å². The van der Waals surface area contributed by atoms with Gasteiger partial charge in [0, 0.05) is 16.8 Å². The Morgan fingerprint density at radius 3 is 2.39 bits per heavy atom. The monoisotopic (exact) mass is 328 g/mol. The second kappa shape index (κ2) is 7.83. The van der Waals surface area contributed by atoms with E-state index >= 15 is 0 Å². The zero-order chi connectivity index (χ0) is 16.8. The number of anilines is 1. The normalized spacial score (nSPS) is 11.9. The molecule has 0 saturated heterocycles. The lowest BCUT2D eigenvalue weighted by molar-refractivity contribution is -0.117. The summed E-state index contributed by atoms with van der Waals surface area (Å²) in [5.74, 6) is 0.192. The van der Waals surface area contributed by atoms with Gasteiger partial charge < -0.3 is 11.5 Å². The summed E-state index contributed by atoms with van der Waals surface area (Å²) in [6.07, 6.45) is 0.928. The van der Waals surface area contributed by atoms with E-state index in [4.69, 9.17) is 11.5 Å². The molecule has 0 aliphatic carbocycles. The molecule has 2 rings (SSSR count). The van der Waals surface area contributed by atoms with E-state index in [9.17, 15) is 9.59 Å². The van der Waals surface area contributed by atoms with Crippen molar-refractivity contribution in [1.82, 2.24) is 0 Å². The molecule has 1 unspecified atom stereocenters. The van der Waals surface area contributed by atoms with Crippen LogP contribution in [0.15, 0.2) is 48.5 Å². The molecule has 1 atom stereocenters. The largest absolute Gasteiger partial charge is 0.398 e. The highest BCUT2D eigenvalue weighted by Crippen LogP contribution is 2.34. The molecule has 0 fully saturated rings. The van der Waals surface area contributed by atoms with Gasteiger partial charge in [-0.05, 0) is 23.8 Å². The van der Waals surface area contributed by atoms with Crippen molar-refractivity contribution in [3.63, 3.8) is 0 Å². The van der Waals surface area contributed by atoms with Crippen molar-refractivity contribution >= 4 is 29.1 Å². The molecule has 5 heteroatoms. The minimum Gasteiger partial charge on any atom is -0.398 e. The molecule has 0 spiro atoms. The zero-order valence-electron chi connectivity index (χ0n) is 13.0. The van der Waals surface area contributed by atoms with Gasteiger partial charge in [-0.3, -0.25) is 9.59 Å². The predicted octanol–water partition coefficient (Wildman–Crippen LogP) is 3.17. The fourth-order valence-corrected chi connectivity index (χ4v) is 3.34. The Balaban J connectivity index is 2.41. The second-order valence-electron chi connectivity index (χ2n) is 5.16. The van der Waals surface area contributed by atoms with Gasteiger partial charge in [0.25, 0.3) is 0 Å². The summed E-state index contributed by atoms with van der Waals surface area (Å²) < 4.78 is 0. The van der Waals surface area contributed by atoms with E-state index in [2.05, 4.69) is 0 Å². The summed E-state index contributed by atoms with van der Waals surface area (Å²) in [7, 11) is 0. The lowest BCUT2D eigenvalue weighted by atomic mass is 9.97. The summed E-state index contributed by atoms with van der Waals surface area (Å²) >= 11 is 1.45. The van der Waals surface area contributed by atoms with Crippen molar-refractivity contribution in [2.45, 2.75) is 18.6 Å². The maximum atomic E-state index is 12.6. The highest BCUT2D eigenvalue weighted by Gasteiger charge is 2.23. The van der Waals surface area contributed by atoms with Gasteiger partial charge in [0.1, 0.15) is 5.25 Å². The number of para-hydroxylation sites is 1. The highest BCUT2D eigenvalue weighted by atomic mass is 32.2. The lowest BCUT2D eigenvalue weighted by Gasteiger charge is -2.17. The van der Waals surface area contributed by atoms with Gasteiger partial charge in [-0.25, -0.2) is 0 Å². The van der Waals surface area contributed by atoms with Crippen LogP contribution in [0.2, 0.25) is 0 Å². The van der Waals surface area contributed by atoms with E-state index in [1.807, 2.05) is 13.0 Å². The van der Waals surface area contributed by atoms with Crippen LogP contribution in [-0.2, 0) is 4.79 Å². The Morgan fingerprint density at radius 2 is 1.78 bits per heavy atom. The van der Waals surface area contributed by atoms with Crippen LogP contribution >= 0.6 is 11.8 Å². The number of hydrogen-bond acceptors (Lipinski definition) is 4. The maximum absolute atomic E-state index is 12.6. The average molecular weight is 328 g/mol. The van der Waals surface area contributed by atoms with Crippen LogP contribution in [0.1, 0.15) is 40.1 Å². The fourth-order valence-electron chi connectivity index (χ4n) is 2.32. The number of thioether (sulfide) groups is 1. The van der Waals surface area contributed by atoms with E-state index in [-0.39, 0.29) is 5.78 Å². The van der Waals surface area contributed by atoms with Gasteiger partial charge in [-0.15, -0.1) is 11.8 Å². The van der Waals surface area contributed by atoms with E-state index in [0.29, 0.717) is 22.4 Å². The topological polar surface area (TPSA) is 86.2 Å². The Kier molecular flexibility index (Phi) is 5.82. The Bertz CT molecular complexity index is 701. The number of ketones is 1. The van der Waals surface area contributed by atoms with Crippen LogP contribution in [0.3, 0.4) is 0 Å². The van der Waals surface area contributed by atoms with Crippen LogP contribution in [0, 0.1) is 0 Å².